The van der Waals surface area contributed by atoms with E-state index in [9.17, 15) is 9.59 Å². The second-order valence-electron chi connectivity index (χ2n) is 6.67. The fourth-order valence-electron chi connectivity index (χ4n) is 3.35. The molecule has 136 valence electrons. The molecule has 2 aromatic carbocycles. The monoisotopic (exact) mass is 351 g/mol. The highest BCUT2D eigenvalue weighted by molar-refractivity contribution is 6.00. The number of nitrogens with zero attached hydrogens (tertiary/aromatic N) is 1. The van der Waals surface area contributed by atoms with Crippen LogP contribution in [-0.4, -0.2) is 24.9 Å². The van der Waals surface area contributed by atoms with E-state index in [0.717, 1.165) is 35.3 Å². The molecular formula is C21H25N3O2. The first-order chi connectivity index (χ1) is 12.6. The maximum absolute atomic E-state index is 12.5. The van der Waals surface area contributed by atoms with Crippen molar-refractivity contribution in [3.8, 4) is 0 Å². The van der Waals surface area contributed by atoms with E-state index < -0.39 is 0 Å². The Bertz CT molecular complexity index is 786. The lowest BCUT2D eigenvalue weighted by atomic mass is 10.1. The molecule has 0 aliphatic carbocycles. The van der Waals surface area contributed by atoms with E-state index in [-0.39, 0.29) is 24.2 Å². The van der Waals surface area contributed by atoms with Crippen LogP contribution in [0.25, 0.3) is 0 Å². The van der Waals surface area contributed by atoms with Gasteiger partial charge in [0.15, 0.2) is 0 Å². The molecule has 1 fully saturated rings. The van der Waals surface area contributed by atoms with Gasteiger partial charge in [0.2, 0.25) is 11.8 Å². The van der Waals surface area contributed by atoms with Gasteiger partial charge in [0.05, 0.1) is 5.92 Å². The number of amides is 2. The van der Waals surface area contributed by atoms with Crippen LogP contribution in [-0.2, 0) is 22.4 Å². The molecule has 0 aromatic heterocycles. The second kappa shape index (κ2) is 8.04. The second-order valence-corrected chi connectivity index (χ2v) is 6.67. The molecule has 1 aliphatic heterocycles. The first kappa shape index (κ1) is 18.0. The molecule has 26 heavy (non-hydrogen) atoms. The van der Waals surface area contributed by atoms with E-state index in [2.05, 4.69) is 12.2 Å². The van der Waals surface area contributed by atoms with E-state index in [0.29, 0.717) is 13.1 Å². The normalized spacial score (nSPS) is 16.7. The minimum atomic E-state index is -0.293. The number of nitrogen functional groups attached to an aromatic ring is 1. The number of benzene rings is 2. The van der Waals surface area contributed by atoms with Crippen LogP contribution < -0.4 is 16.0 Å². The van der Waals surface area contributed by atoms with Crippen LogP contribution in [0.3, 0.4) is 0 Å². The molecule has 1 heterocycles. The van der Waals surface area contributed by atoms with Gasteiger partial charge in [-0.15, -0.1) is 0 Å². The Labute approximate surface area is 154 Å². The molecule has 3 N–H and O–H groups in total. The van der Waals surface area contributed by atoms with Crippen molar-refractivity contribution >= 4 is 23.2 Å². The van der Waals surface area contributed by atoms with E-state index in [1.807, 2.05) is 48.5 Å². The van der Waals surface area contributed by atoms with Gasteiger partial charge in [0.25, 0.3) is 0 Å². The molecular weight excluding hydrogens is 326 g/mol. The van der Waals surface area contributed by atoms with Gasteiger partial charge >= 0.3 is 0 Å². The van der Waals surface area contributed by atoms with Crippen molar-refractivity contribution in [2.45, 2.75) is 26.2 Å². The fourth-order valence-corrected chi connectivity index (χ4v) is 3.35. The van der Waals surface area contributed by atoms with Gasteiger partial charge < -0.3 is 16.0 Å². The van der Waals surface area contributed by atoms with Crippen LogP contribution in [0.15, 0.2) is 48.5 Å². The number of carbonyl (C=O) groups excluding carboxylic acids is 2. The molecule has 3 rings (SSSR count). The molecule has 0 bridgehead atoms. The Morgan fingerprint density at radius 1 is 1.19 bits per heavy atom. The number of rotatable bonds is 6. The van der Waals surface area contributed by atoms with Crippen molar-refractivity contribution in [3.05, 3.63) is 59.7 Å². The minimum absolute atomic E-state index is 0.0181. The highest BCUT2D eigenvalue weighted by Crippen LogP contribution is 2.28. The number of aryl methyl sites for hydroxylation is 1. The van der Waals surface area contributed by atoms with Crippen molar-refractivity contribution in [1.82, 2.24) is 5.32 Å². The van der Waals surface area contributed by atoms with Crippen molar-refractivity contribution in [3.63, 3.8) is 0 Å². The highest BCUT2D eigenvalue weighted by Gasteiger charge is 2.35. The Balaban J connectivity index is 1.56. The van der Waals surface area contributed by atoms with Gasteiger partial charge in [-0.1, -0.05) is 37.3 Å². The SMILES string of the molecule is CCc1ccccc1N1CC(C(=O)NCCc2ccc(N)cc2)CC1=O. The predicted molar refractivity (Wildman–Crippen MR) is 104 cm³/mol. The third-order valence-corrected chi connectivity index (χ3v) is 4.85. The van der Waals surface area contributed by atoms with Crippen molar-refractivity contribution in [1.29, 1.82) is 0 Å². The Morgan fingerprint density at radius 2 is 1.92 bits per heavy atom. The molecule has 2 amide bonds. The highest BCUT2D eigenvalue weighted by atomic mass is 16.2. The maximum Gasteiger partial charge on any atom is 0.227 e. The lowest BCUT2D eigenvalue weighted by molar-refractivity contribution is -0.126. The third kappa shape index (κ3) is 4.04. The zero-order chi connectivity index (χ0) is 18.5. The van der Waals surface area contributed by atoms with Crippen LogP contribution in [0.2, 0.25) is 0 Å². The molecule has 2 aromatic rings. The molecule has 1 aliphatic rings. The number of nitrogens with two attached hydrogens (primary N) is 1. The summed E-state index contributed by atoms with van der Waals surface area (Å²) in [5.74, 6) is -0.325. The molecule has 0 saturated carbocycles. The molecule has 5 nitrogen and oxygen atoms in total. The van der Waals surface area contributed by atoms with Crippen LogP contribution in [0, 0.1) is 5.92 Å². The standard InChI is InChI=1S/C21H25N3O2/c1-2-16-5-3-4-6-19(16)24-14-17(13-20(24)25)21(26)23-12-11-15-7-9-18(22)10-8-15/h3-10,17H,2,11-14,22H2,1H3,(H,23,26). The lowest BCUT2D eigenvalue weighted by Gasteiger charge is -2.20. The smallest absolute Gasteiger partial charge is 0.227 e. The number of nitrogens with one attached hydrogen (secondary N) is 1. The largest absolute Gasteiger partial charge is 0.399 e. The number of para-hydroxylation sites is 1. The summed E-state index contributed by atoms with van der Waals surface area (Å²) in [7, 11) is 0. The third-order valence-electron chi connectivity index (χ3n) is 4.85. The number of anilines is 2. The minimum Gasteiger partial charge on any atom is -0.399 e. The average molecular weight is 351 g/mol. The fraction of sp³-hybridized carbons (Fsp3) is 0.333. The summed E-state index contributed by atoms with van der Waals surface area (Å²) in [5, 5.41) is 2.96. The van der Waals surface area contributed by atoms with Gasteiger partial charge in [-0.2, -0.15) is 0 Å². The summed E-state index contributed by atoms with van der Waals surface area (Å²) in [4.78, 5) is 26.6. The summed E-state index contributed by atoms with van der Waals surface area (Å²) in [6.45, 7) is 3.07. The summed E-state index contributed by atoms with van der Waals surface area (Å²) in [6, 6.07) is 15.5. The summed E-state index contributed by atoms with van der Waals surface area (Å²) in [6.07, 6.45) is 1.87. The molecule has 1 atom stereocenters. The number of carbonyl (C=O) groups is 2. The van der Waals surface area contributed by atoms with Gasteiger partial charge in [0, 0.05) is 30.9 Å². The van der Waals surface area contributed by atoms with Crippen LogP contribution in [0.5, 0.6) is 0 Å². The number of hydrogen-bond acceptors (Lipinski definition) is 3. The van der Waals surface area contributed by atoms with Crippen LogP contribution in [0.1, 0.15) is 24.5 Å². The van der Waals surface area contributed by atoms with Crippen molar-refractivity contribution in [2.24, 2.45) is 5.92 Å². The van der Waals surface area contributed by atoms with E-state index >= 15 is 0 Å². The lowest BCUT2D eigenvalue weighted by Crippen LogP contribution is -2.34. The predicted octanol–water partition coefficient (Wildman–Crippen LogP) is 2.54. The Morgan fingerprint density at radius 3 is 2.65 bits per heavy atom. The molecule has 0 spiro atoms. The van der Waals surface area contributed by atoms with Gasteiger partial charge in [-0.05, 0) is 42.2 Å². The van der Waals surface area contributed by atoms with E-state index in [4.69, 9.17) is 5.73 Å². The van der Waals surface area contributed by atoms with Crippen molar-refractivity contribution < 1.29 is 9.59 Å². The average Bonchev–Trinajstić information content (AvgIpc) is 3.05. The van der Waals surface area contributed by atoms with Crippen LogP contribution >= 0.6 is 0 Å². The summed E-state index contributed by atoms with van der Waals surface area (Å²) < 4.78 is 0. The quantitative estimate of drug-likeness (QED) is 0.786. The topological polar surface area (TPSA) is 75.4 Å². The molecule has 5 heteroatoms. The van der Waals surface area contributed by atoms with Crippen LogP contribution in [0.4, 0.5) is 11.4 Å². The Kier molecular flexibility index (Phi) is 5.56. The van der Waals surface area contributed by atoms with E-state index in [1.54, 1.807) is 4.90 Å². The summed E-state index contributed by atoms with van der Waals surface area (Å²) in [5.41, 5.74) is 9.59. The number of hydrogen-bond donors (Lipinski definition) is 2. The molecule has 1 unspecified atom stereocenters. The zero-order valence-corrected chi connectivity index (χ0v) is 15.1. The van der Waals surface area contributed by atoms with Gasteiger partial charge in [0.1, 0.15) is 0 Å². The zero-order valence-electron chi connectivity index (χ0n) is 15.1. The van der Waals surface area contributed by atoms with Gasteiger partial charge in [-0.3, -0.25) is 9.59 Å². The first-order valence-electron chi connectivity index (χ1n) is 9.09. The maximum atomic E-state index is 12.5. The van der Waals surface area contributed by atoms with Crippen molar-refractivity contribution in [2.75, 3.05) is 23.7 Å². The molecule has 1 saturated heterocycles. The van der Waals surface area contributed by atoms with Gasteiger partial charge in [-0.25, -0.2) is 0 Å². The summed E-state index contributed by atoms with van der Waals surface area (Å²) >= 11 is 0. The first-order valence-corrected chi connectivity index (χ1v) is 9.09. The Hall–Kier alpha value is -2.82. The van der Waals surface area contributed by atoms with E-state index in [1.165, 1.54) is 0 Å². The molecule has 0 radical (unpaired) electrons.